The molecule has 1 heterocycles. The molecule has 18 heavy (non-hydrogen) atoms. The van der Waals surface area contributed by atoms with Crippen molar-refractivity contribution in [2.24, 2.45) is 7.05 Å². The molecule has 0 radical (unpaired) electrons. The van der Waals surface area contributed by atoms with Gasteiger partial charge in [-0.3, -0.25) is 0 Å². The number of aromatic nitrogens is 1. The van der Waals surface area contributed by atoms with Crippen molar-refractivity contribution in [2.45, 2.75) is 19.8 Å². The van der Waals surface area contributed by atoms with Crippen LogP contribution in [0.15, 0.2) is 36.4 Å². The van der Waals surface area contributed by atoms with Crippen molar-refractivity contribution in [3.63, 3.8) is 0 Å². The Morgan fingerprint density at radius 1 is 1.22 bits per heavy atom. The Hall–Kier alpha value is -2.03. The van der Waals surface area contributed by atoms with Crippen molar-refractivity contribution in [1.29, 1.82) is 0 Å². The van der Waals surface area contributed by atoms with E-state index >= 15 is 0 Å². The predicted octanol–water partition coefficient (Wildman–Crippen LogP) is 3.51. The fourth-order valence-corrected chi connectivity index (χ4v) is 2.37. The summed E-state index contributed by atoms with van der Waals surface area (Å²) in [7, 11) is 1.92. The Balaban J connectivity index is 2.64. The molecule has 0 fully saturated rings. The molecular weight excluding hydrogens is 226 g/mol. The van der Waals surface area contributed by atoms with Gasteiger partial charge < -0.3 is 9.67 Å². The minimum atomic E-state index is -0.864. The van der Waals surface area contributed by atoms with Crippen molar-refractivity contribution >= 4 is 5.97 Å². The molecule has 0 saturated carbocycles. The summed E-state index contributed by atoms with van der Waals surface area (Å²) in [4.78, 5) is 11.3. The van der Waals surface area contributed by atoms with Crippen molar-refractivity contribution in [3.8, 4) is 11.3 Å². The molecule has 2 aromatic rings. The van der Waals surface area contributed by atoms with Gasteiger partial charge in [0.25, 0.3) is 0 Å². The molecule has 0 amide bonds. The van der Waals surface area contributed by atoms with Crippen LogP contribution in [0.5, 0.6) is 0 Å². The standard InChI is InChI=1S/C15H17NO2/c1-10(2)14-12(15(17)18)9-13(16(14)3)11-7-5-4-6-8-11/h4-10H,1-3H3,(H,17,18). The predicted molar refractivity (Wildman–Crippen MR) is 71.9 cm³/mol. The van der Waals surface area contributed by atoms with Gasteiger partial charge >= 0.3 is 5.97 Å². The highest BCUT2D eigenvalue weighted by atomic mass is 16.4. The monoisotopic (exact) mass is 243 g/mol. The van der Waals surface area contributed by atoms with Crippen LogP contribution in [0.2, 0.25) is 0 Å². The zero-order valence-corrected chi connectivity index (χ0v) is 10.8. The van der Waals surface area contributed by atoms with Crippen LogP contribution in [0.25, 0.3) is 11.3 Å². The average molecular weight is 243 g/mol. The molecule has 0 atom stereocenters. The first-order valence-corrected chi connectivity index (χ1v) is 6.00. The van der Waals surface area contributed by atoms with E-state index in [0.717, 1.165) is 17.0 Å². The molecule has 94 valence electrons. The van der Waals surface area contributed by atoms with Gasteiger partial charge in [-0.15, -0.1) is 0 Å². The molecule has 0 aliphatic carbocycles. The summed E-state index contributed by atoms with van der Waals surface area (Å²) in [6.07, 6.45) is 0. The summed E-state index contributed by atoms with van der Waals surface area (Å²) in [6.45, 7) is 4.02. The van der Waals surface area contributed by atoms with Gasteiger partial charge in [0.2, 0.25) is 0 Å². The normalized spacial score (nSPS) is 10.9. The van der Waals surface area contributed by atoms with Gasteiger partial charge in [0.1, 0.15) is 0 Å². The highest BCUT2D eigenvalue weighted by molar-refractivity contribution is 5.91. The molecule has 3 heteroatoms. The van der Waals surface area contributed by atoms with Gasteiger partial charge in [0.05, 0.1) is 5.56 Å². The number of benzene rings is 1. The SMILES string of the molecule is CC(C)c1c(C(=O)O)cc(-c2ccccc2)n1C. The summed E-state index contributed by atoms with van der Waals surface area (Å²) >= 11 is 0. The van der Waals surface area contributed by atoms with E-state index in [9.17, 15) is 9.90 Å². The molecule has 3 nitrogen and oxygen atoms in total. The van der Waals surface area contributed by atoms with E-state index in [4.69, 9.17) is 0 Å². The molecular formula is C15H17NO2. The average Bonchev–Trinajstić information content (AvgIpc) is 2.68. The first-order valence-electron chi connectivity index (χ1n) is 6.00. The number of carboxylic acid groups (broad SMARTS) is 1. The van der Waals surface area contributed by atoms with E-state index in [1.54, 1.807) is 6.07 Å². The zero-order valence-electron chi connectivity index (χ0n) is 10.8. The van der Waals surface area contributed by atoms with Crippen molar-refractivity contribution in [3.05, 3.63) is 47.7 Å². The van der Waals surface area contributed by atoms with Crippen LogP contribution in [-0.4, -0.2) is 15.6 Å². The third-order valence-corrected chi connectivity index (χ3v) is 3.13. The molecule has 1 N–H and O–H groups in total. The maximum Gasteiger partial charge on any atom is 0.337 e. The lowest BCUT2D eigenvalue weighted by molar-refractivity contribution is 0.0695. The molecule has 0 spiro atoms. The second kappa shape index (κ2) is 4.69. The largest absolute Gasteiger partial charge is 0.478 e. The van der Waals surface area contributed by atoms with Crippen LogP contribution in [-0.2, 0) is 7.05 Å². The van der Waals surface area contributed by atoms with Crippen LogP contribution in [0.1, 0.15) is 35.8 Å². The van der Waals surface area contributed by atoms with Crippen molar-refractivity contribution in [1.82, 2.24) is 4.57 Å². The van der Waals surface area contributed by atoms with Crippen LogP contribution in [0, 0.1) is 0 Å². The Bertz CT molecular complexity index is 568. The Morgan fingerprint density at radius 2 is 1.83 bits per heavy atom. The number of nitrogens with zero attached hydrogens (tertiary/aromatic N) is 1. The summed E-state index contributed by atoms with van der Waals surface area (Å²) in [6, 6.07) is 11.6. The Kier molecular flexibility index (Phi) is 3.24. The molecule has 0 saturated heterocycles. The second-order valence-corrected chi connectivity index (χ2v) is 4.71. The quantitative estimate of drug-likeness (QED) is 0.896. The highest BCUT2D eigenvalue weighted by Gasteiger charge is 2.20. The molecule has 2 rings (SSSR count). The van der Waals surface area contributed by atoms with Crippen LogP contribution in [0.4, 0.5) is 0 Å². The minimum absolute atomic E-state index is 0.179. The summed E-state index contributed by atoms with van der Waals surface area (Å²) in [5.41, 5.74) is 3.24. The van der Waals surface area contributed by atoms with Crippen LogP contribution >= 0.6 is 0 Å². The fourth-order valence-electron chi connectivity index (χ4n) is 2.37. The van der Waals surface area contributed by atoms with E-state index < -0.39 is 5.97 Å². The van der Waals surface area contributed by atoms with Crippen molar-refractivity contribution < 1.29 is 9.90 Å². The minimum Gasteiger partial charge on any atom is -0.478 e. The lowest BCUT2D eigenvalue weighted by Gasteiger charge is -2.11. The molecule has 1 aromatic carbocycles. The zero-order chi connectivity index (χ0) is 13.3. The number of rotatable bonds is 3. The lowest BCUT2D eigenvalue weighted by atomic mass is 10.1. The number of hydrogen-bond donors (Lipinski definition) is 1. The van der Waals surface area contributed by atoms with E-state index in [0.29, 0.717) is 5.56 Å². The summed E-state index contributed by atoms with van der Waals surface area (Å²) < 4.78 is 1.98. The van der Waals surface area contributed by atoms with Gasteiger partial charge in [-0.25, -0.2) is 4.79 Å². The Morgan fingerprint density at radius 3 is 2.28 bits per heavy atom. The van der Waals surface area contributed by atoms with Gasteiger partial charge in [0, 0.05) is 18.4 Å². The number of carboxylic acids is 1. The topological polar surface area (TPSA) is 42.2 Å². The molecule has 0 unspecified atom stereocenters. The third-order valence-electron chi connectivity index (χ3n) is 3.13. The number of carbonyl (C=O) groups is 1. The first kappa shape index (κ1) is 12.4. The van der Waals surface area contributed by atoms with Crippen LogP contribution in [0.3, 0.4) is 0 Å². The molecule has 0 aliphatic heterocycles. The summed E-state index contributed by atoms with van der Waals surface area (Å²) in [5, 5.41) is 9.29. The lowest BCUT2D eigenvalue weighted by Crippen LogP contribution is -2.06. The van der Waals surface area contributed by atoms with Crippen molar-refractivity contribution in [2.75, 3.05) is 0 Å². The van der Waals surface area contributed by atoms with E-state index in [2.05, 4.69) is 0 Å². The molecule has 0 bridgehead atoms. The third kappa shape index (κ3) is 2.04. The highest BCUT2D eigenvalue weighted by Crippen LogP contribution is 2.29. The fraction of sp³-hybridized carbons (Fsp3) is 0.267. The van der Waals surface area contributed by atoms with E-state index in [1.807, 2.05) is 55.8 Å². The number of hydrogen-bond acceptors (Lipinski definition) is 1. The van der Waals surface area contributed by atoms with Gasteiger partial charge in [-0.2, -0.15) is 0 Å². The van der Waals surface area contributed by atoms with E-state index in [-0.39, 0.29) is 5.92 Å². The van der Waals surface area contributed by atoms with E-state index in [1.165, 1.54) is 0 Å². The maximum atomic E-state index is 11.3. The second-order valence-electron chi connectivity index (χ2n) is 4.71. The number of aromatic carboxylic acids is 1. The maximum absolute atomic E-state index is 11.3. The first-order chi connectivity index (χ1) is 8.52. The van der Waals surface area contributed by atoms with Crippen LogP contribution < -0.4 is 0 Å². The summed E-state index contributed by atoms with van der Waals surface area (Å²) in [5.74, 6) is -0.685. The Labute approximate surface area is 107 Å². The molecule has 0 aliphatic rings. The van der Waals surface area contributed by atoms with Gasteiger partial charge in [-0.1, -0.05) is 44.2 Å². The van der Waals surface area contributed by atoms with Gasteiger partial charge in [-0.05, 0) is 17.5 Å². The smallest absolute Gasteiger partial charge is 0.337 e. The van der Waals surface area contributed by atoms with Gasteiger partial charge in [0.15, 0.2) is 0 Å². The molecule has 1 aromatic heterocycles.